The maximum absolute atomic E-state index is 6.01. The summed E-state index contributed by atoms with van der Waals surface area (Å²) in [4.78, 5) is 0. The molecule has 1 aromatic carbocycles. The topological polar surface area (TPSA) is 35.2 Å². The van der Waals surface area contributed by atoms with Gasteiger partial charge in [-0.2, -0.15) is 0 Å². The van der Waals surface area contributed by atoms with Gasteiger partial charge in [-0.05, 0) is 49.4 Å². The van der Waals surface area contributed by atoms with E-state index in [9.17, 15) is 0 Å². The molecule has 2 N–H and O–H groups in total. The third-order valence-electron chi connectivity index (χ3n) is 4.66. The summed E-state index contributed by atoms with van der Waals surface area (Å²) in [6.45, 7) is 13.4. The lowest BCUT2D eigenvalue weighted by atomic mass is 9.58. The van der Waals surface area contributed by atoms with E-state index in [0.29, 0.717) is 6.54 Å². The van der Waals surface area contributed by atoms with Gasteiger partial charge in [0.15, 0.2) is 0 Å². The van der Waals surface area contributed by atoms with Crippen molar-refractivity contribution in [3.63, 3.8) is 0 Å². The predicted molar refractivity (Wildman–Crippen MR) is 76.0 cm³/mol. The monoisotopic (exact) mass is 247 g/mol. The highest BCUT2D eigenvalue weighted by atomic mass is 16.5. The van der Waals surface area contributed by atoms with Crippen LogP contribution in [-0.4, -0.2) is 19.8 Å². The molecule has 1 aromatic rings. The van der Waals surface area contributed by atoms with E-state index in [1.807, 2.05) is 0 Å². The zero-order valence-corrected chi connectivity index (χ0v) is 12.3. The second kappa shape index (κ2) is 4.36. The third-order valence-corrected chi connectivity index (χ3v) is 4.66. The molecule has 1 aliphatic heterocycles. The van der Waals surface area contributed by atoms with E-state index in [0.717, 1.165) is 13.2 Å². The molecule has 1 heterocycles. The normalized spacial score (nSPS) is 18.6. The lowest BCUT2D eigenvalue weighted by Gasteiger charge is -2.53. The van der Waals surface area contributed by atoms with Crippen LogP contribution in [-0.2, 0) is 10.2 Å². The van der Waals surface area contributed by atoms with Gasteiger partial charge in [-0.15, -0.1) is 0 Å². The lowest BCUT2D eigenvalue weighted by molar-refractivity contribution is -0.117. The van der Waals surface area contributed by atoms with Crippen LogP contribution in [0.1, 0.15) is 36.1 Å². The zero-order chi connectivity index (χ0) is 13.6. The fraction of sp³-hybridized carbons (Fsp3) is 0.625. The van der Waals surface area contributed by atoms with Crippen molar-refractivity contribution in [3.8, 4) is 0 Å². The molecule has 0 saturated carbocycles. The minimum atomic E-state index is 0.0655. The summed E-state index contributed by atoms with van der Waals surface area (Å²) in [6, 6.07) is 4.55. The van der Waals surface area contributed by atoms with E-state index < -0.39 is 0 Å². The van der Waals surface area contributed by atoms with Gasteiger partial charge in [-0.1, -0.05) is 31.5 Å². The Morgan fingerprint density at radius 3 is 2.00 bits per heavy atom. The molecule has 0 aliphatic carbocycles. The Bertz CT molecular complexity index is 435. The highest BCUT2D eigenvalue weighted by Gasteiger charge is 2.52. The van der Waals surface area contributed by atoms with Crippen molar-refractivity contribution < 1.29 is 4.74 Å². The summed E-state index contributed by atoms with van der Waals surface area (Å²) in [5.74, 6) is 0. The van der Waals surface area contributed by atoms with Crippen LogP contribution >= 0.6 is 0 Å². The fourth-order valence-electron chi connectivity index (χ4n) is 3.31. The average molecular weight is 247 g/mol. The van der Waals surface area contributed by atoms with Crippen LogP contribution in [0.3, 0.4) is 0 Å². The standard InChI is InChI=1S/C16H25NO/c1-11-6-12(2)14(13(3)7-11)16(9-18-10-16)15(4,5)8-17/h6-7H,8-10,17H2,1-5H3. The molecule has 2 nitrogen and oxygen atoms in total. The van der Waals surface area contributed by atoms with Gasteiger partial charge in [0.2, 0.25) is 0 Å². The Hall–Kier alpha value is -0.860. The molecule has 2 rings (SSSR count). The minimum absolute atomic E-state index is 0.0655. The number of hydrogen-bond donors (Lipinski definition) is 1. The van der Waals surface area contributed by atoms with Gasteiger partial charge >= 0.3 is 0 Å². The molecule has 1 fully saturated rings. The van der Waals surface area contributed by atoms with Crippen LogP contribution in [0, 0.1) is 26.2 Å². The maximum Gasteiger partial charge on any atom is 0.0591 e. The third kappa shape index (κ3) is 1.79. The van der Waals surface area contributed by atoms with Crippen LogP contribution in [0.4, 0.5) is 0 Å². The highest BCUT2D eigenvalue weighted by Crippen LogP contribution is 2.49. The first kappa shape index (κ1) is 13.6. The summed E-state index contributed by atoms with van der Waals surface area (Å²) in [5, 5.41) is 0. The van der Waals surface area contributed by atoms with Gasteiger partial charge in [0.1, 0.15) is 0 Å². The van der Waals surface area contributed by atoms with Gasteiger partial charge in [0.25, 0.3) is 0 Å². The van der Waals surface area contributed by atoms with Gasteiger partial charge in [0.05, 0.1) is 13.2 Å². The van der Waals surface area contributed by atoms with Crippen molar-refractivity contribution in [3.05, 3.63) is 34.4 Å². The number of ether oxygens (including phenoxy) is 1. The molecule has 1 saturated heterocycles. The van der Waals surface area contributed by atoms with Crippen LogP contribution in [0.2, 0.25) is 0 Å². The first-order valence-electron chi connectivity index (χ1n) is 6.70. The van der Waals surface area contributed by atoms with Gasteiger partial charge < -0.3 is 10.5 Å². The molecule has 0 radical (unpaired) electrons. The van der Waals surface area contributed by atoms with Crippen molar-refractivity contribution in [2.24, 2.45) is 11.1 Å². The van der Waals surface area contributed by atoms with E-state index in [1.54, 1.807) is 0 Å². The van der Waals surface area contributed by atoms with Crippen molar-refractivity contribution >= 4 is 0 Å². The van der Waals surface area contributed by atoms with Gasteiger partial charge in [-0.3, -0.25) is 0 Å². The Morgan fingerprint density at radius 1 is 1.17 bits per heavy atom. The Balaban J connectivity index is 2.59. The van der Waals surface area contributed by atoms with E-state index >= 15 is 0 Å². The first-order chi connectivity index (χ1) is 8.34. The number of benzene rings is 1. The number of aryl methyl sites for hydroxylation is 3. The summed E-state index contributed by atoms with van der Waals surface area (Å²) >= 11 is 0. The first-order valence-corrected chi connectivity index (χ1v) is 6.70. The van der Waals surface area contributed by atoms with E-state index in [-0.39, 0.29) is 10.8 Å². The number of nitrogens with two attached hydrogens (primary N) is 1. The Labute approximate surface area is 111 Å². The molecule has 1 aliphatic rings. The van der Waals surface area contributed by atoms with Crippen LogP contribution in [0.25, 0.3) is 0 Å². The highest BCUT2D eigenvalue weighted by molar-refractivity contribution is 5.45. The van der Waals surface area contributed by atoms with Crippen molar-refractivity contribution in [1.82, 2.24) is 0 Å². The van der Waals surface area contributed by atoms with Crippen LogP contribution in [0.5, 0.6) is 0 Å². The molecule has 0 amide bonds. The summed E-state index contributed by atoms with van der Waals surface area (Å²) < 4.78 is 5.57. The molecule has 0 atom stereocenters. The van der Waals surface area contributed by atoms with Crippen molar-refractivity contribution in [2.75, 3.05) is 19.8 Å². The van der Waals surface area contributed by atoms with Crippen molar-refractivity contribution in [2.45, 2.75) is 40.0 Å². The fourth-order valence-corrected chi connectivity index (χ4v) is 3.31. The second-order valence-electron chi connectivity index (χ2n) is 6.44. The SMILES string of the molecule is Cc1cc(C)c(C2(C(C)(C)CN)COC2)c(C)c1. The summed E-state index contributed by atoms with van der Waals surface area (Å²) in [7, 11) is 0. The van der Waals surface area contributed by atoms with Gasteiger partial charge in [-0.25, -0.2) is 0 Å². The van der Waals surface area contributed by atoms with E-state index in [4.69, 9.17) is 10.5 Å². The molecule has 2 heteroatoms. The Morgan fingerprint density at radius 2 is 1.67 bits per heavy atom. The molecule has 0 unspecified atom stereocenters. The summed E-state index contributed by atoms with van der Waals surface area (Å²) in [5.41, 5.74) is 11.7. The molecule has 0 aromatic heterocycles. The largest absolute Gasteiger partial charge is 0.379 e. The molecular formula is C16H25NO. The molecule has 0 spiro atoms. The molecule has 18 heavy (non-hydrogen) atoms. The molecule has 100 valence electrons. The maximum atomic E-state index is 6.01. The van der Waals surface area contributed by atoms with Crippen molar-refractivity contribution in [1.29, 1.82) is 0 Å². The lowest BCUT2D eigenvalue weighted by Crippen LogP contribution is -2.59. The smallest absolute Gasteiger partial charge is 0.0591 e. The number of rotatable bonds is 3. The zero-order valence-electron chi connectivity index (χ0n) is 12.3. The quantitative estimate of drug-likeness (QED) is 0.891. The predicted octanol–water partition coefficient (Wildman–Crippen LogP) is 2.86. The van der Waals surface area contributed by atoms with E-state index in [2.05, 4.69) is 46.8 Å². The average Bonchev–Trinajstić information content (AvgIpc) is 2.19. The van der Waals surface area contributed by atoms with Crippen LogP contribution < -0.4 is 5.73 Å². The summed E-state index contributed by atoms with van der Waals surface area (Å²) in [6.07, 6.45) is 0. The second-order valence-corrected chi connectivity index (χ2v) is 6.44. The van der Waals surface area contributed by atoms with Gasteiger partial charge in [0, 0.05) is 5.41 Å². The number of hydrogen-bond acceptors (Lipinski definition) is 2. The van der Waals surface area contributed by atoms with E-state index in [1.165, 1.54) is 22.3 Å². The minimum Gasteiger partial charge on any atom is -0.379 e. The van der Waals surface area contributed by atoms with Crippen LogP contribution in [0.15, 0.2) is 12.1 Å². The Kier molecular flexibility index (Phi) is 3.28. The molecular weight excluding hydrogens is 222 g/mol. The molecule has 0 bridgehead atoms.